The number of hydrogen-bond donors (Lipinski definition) is 1. The number of carbonyl (C=O) groups excluding carboxylic acids is 1. The molecule has 136 valence electrons. The molecule has 0 spiro atoms. The van der Waals surface area contributed by atoms with Crippen molar-refractivity contribution in [3.8, 4) is 0 Å². The third-order valence-corrected chi connectivity index (χ3v) is 4.45. The Morgan fingerprint density at radius 1 is 1.11 bits per heavy atom. The lowest BCUT2D eigenvalue weighted by Gasteiger charge is -2.05. The summed E-state index contributed by atoms with van der Waals surface area (Å²) in [7, 11) is 0. The predicted octanol–water partition coefficient (Wildman–Crippen LogP) is 3.62. The Balaban J connectivity index is 1.35. The minimum atomic E-state index is -0.0729. The highest BCUT2D eigenvalue weighted by atomic mass is 16.1. The molecule has 0 saturated carbocycles. The fourth-order valence-electron chi connectivity index (χ4n) is 3.06. The van der Waals surface area contributed by atoms with Crippen molar-refractivity contribution in [3.63, 3.8) is 0 Å². The molecule has 6 heteroatoms. The van der Waals surface area contributed by atoms with Crippen molar-refractivity contribution in [2.45, 2.75) is 26.4 Å². The van der Waals surface area contributed by atoms with Crippen LogP contribution in [0.15, 0.2) is 67.0 Å². The van der Waals surface area contributed by atoms with Crippen molar-refractivity contribution in [1.29, 1.82) is 0 Å². The number of nitrogens with one attached hydrogen (secondary N) is 1. The number of fused-ring (bicyclic) bond motifs is 1. The summed E-state index contributed by atoms with van der Waals surface area (Å²) in [6.45, 7) is 3.26. The van der Waals surface area contributed by atoms with E-state index in [2.05, 4.69) is 46.7 Å². The van der Waals surface area contributed by atoms with Crippen molar-refractivity contribution in [3.05, 3.63) is 78.1 Å². The van der Waals surface area contributed by atoms with Gasteiger partial charge < -0.3 is 5.32 Å². The van der Waals surface area contributed by atoms with Crippen LogP contribution in [0.4, 0.5) is 5.82 Å². The molecule has 0 saturated heterocycles. The van der Waals surface area contributed by atoms with Gasteiger partial charge in [0.05, 0.1) is 24.8 Å². The van der Waals surface area contributed by atoms with Gasteiger partial charge in [-0.1, -0.05) is 42.5 Å². The number of aromatic nitrogens is 4. The van der Waals surface area contributed by atoms with Crippen molar-refractivity contribution >= 4 is 22.6 Å². The number of anilines is 1. The number of carbonyl (C=O) groups is 1. The Labute approximate surface area is 157 Å². The van der Waals surface area contributed by atoms with E-state index in [-0.39, 0.29) is 5.91 Å². The van der Waals surface area contributed by atoms with Crippen LogP contribution >= 0.6 is 0 Å². The molecule has 1 N–H and O–H groups in total. The maximum Gasteiger partial charge on any atom is 0.227 e. The van der Waals surface area contributed by atoms with Crippen LogP contribution < -0.4 is 5.32 Å². The molecule has 0 aliphatic rings. The Morgan fingerprint density at radius 3 is 2.81 bits per heavy atom. The lowest BCUT2D eigenvalue weighted by Crippen LogP contribution is -2.15. The van der Waals surface area contributed by atoms with Crippen molar-refractivity contribution in [2.75, 3.05) is 5.32 Å². The summed E-state index contributed by atoms with van der Waals surface area (Å²) in [5.41, 5.74) is 3.40. The number of hydrogen-bond acceptors (Lipinski definition) is 3. The first-order chi connectivity index (χ1) is 13.2. The number of nitrogens with zero attached hydrogens (tertiary/aromatic N) is 4. The van der Waals surface area contributed by atoms with Crippen LogP contribution in [0.2, 0.25) is 0 Å². The van der Waals surface area contributed by atoms with E-state index in [9.17, 15) is 4.79 Å². The summed E-state index contributed by atoms with van der Waals surface area (Å²) in [6.07, 6.45) is 4.04. The fraction of sp³-hybridized carbons (Fsp3) is 0.190. The Morgan fingerprint density at radius 2 is 1.96 bits per heavy atom. The third-order valence-electron chi connectivity index (χ3n) is 4.45. The van der Waals surface area contributed by atoms with Crippen LogP contribution in [0.5, 0.6) is 0 Å². The van der Waals surface area contributed by atoms with Crippen molar-refractivity contribution < 1.29 is 4.79 Å². The summed E-state index contributed by atoms with van der Waals surface area (Å²) >= 11 is 0. The number of rotatable bonds is 6. The molecular formula is C21H21N5O. The first-order valence-corrected chi connectivity index (χ1v) is 8.97. The molecule has 0 aliphatic carbocycles. The smallest absolute Gasteiger partial charge is 0.227 e. The van der Waals surface area contributed by atoms with E-state index >= 15 is 0 Å². The highest BCUT2D eigenvalue weighted by molar-refractivity contribution is 5.89. The van der Waals surface area contributed by atoms with Gasteiger partial charge in [0.15, 0.2) is 5.82 Å². The molecule has 0 bridgehead atoms. The van der Waals surface area contributed by atoms with Gasteiger partial charge in [0.2, 0.25) is 5.91 Å². The standard InChI is InChI=1S/C21H21N5O/c1-16-7-8-18-14-22-26(19(18)13-16)12-10-21(27)23-20-9-11-25(24-20)15-17-5-3-2-4-6-17/h2-9,11,13-14H,10,12,15H2,1H3,(H,23,24,27). The second-order valence-electron chi connectivity index (χ2n) is 6.61. The van der Waals surface area contributed by atoms with Gasteiger partial charge in [0.1, 0.15) is 0 Å². The quantitative estimate of drug-likeness (QED) is 0.572. The first kappa shape index (κ1) is 17.0. The lowest BCUT2D eigenvalue weighted by molar-refractivity contribution is -0.116. The maximum absolute atomic E-state index is 12.3. The SMILES string of the molecule is Cc1ccc2cnn(CCC(=O)Nc3ccn(Cc4ccccc4)n3)c2c1. The maximum atomic E-state index is 12.3. The summed E-state index contributed by atoms with van der Waals surface area (Å²) in [4.78, 5) is 12.3. The molecule has 0 radical (unpaired) electrons. The van der Waals surface area contributed by atoms with E-state index in [4.69, 9.17) is 0 Å². The number of benzene rings is 2. The van der Waals surface area contributed by atoms with Crippen LogP contribution in [0, 0.1) is 6.92 Å². The van der Waals surface area contributed by atoms with Crippen molar-refractivity contribution in [2.24, 2.45) is 0 Å². The van der Waals surface area contributed by atoms with Crippen molar-refractivity contribution in [1.82, 2.24) is 19.6 Å². The topological polar surface area (TPSA) is 64.7 Å². The van der Waals surface area contributed by atoms with Gasteiger partial charge in [-0.05, 0) is 24.1 Å². The second-order valence-corrected chi connectivity index (χ2v) is 6.61. The number of aryl methyl sites for hydroxylation is 2. The van der Waals surface area contributed by atoms with Gasteiger partial charge >= 0.3 is 0 Å². The average molecular weight is 359 g/mol. The van der Waals surface area contributed by atoms with Crippen LogP contribution in [0.25, 0.3) is 10.9 Å². The minimum absolute atomic E-state index is 0.0729. The second kappa shape index (κ2) is 7.45. The van der Waals surface area contributed by atoms with Gasteiger partial charge in [-0.15, -0.1) is 0 Å². The summed E-state index contributed by atoms with van der Waals surface area (Å²) in [5, 5.41) is 12.7. The molecule has 1 amide bonds. The van der Waals surface area contributed by atoms with E-state index < -0.39 is 0 Å². The zero-order valence-corrected chi connectivity index (χ0v) is 15.2. The molecule has 0 fully saturated rings. The largest absolute Gasteiger partial charge is 0.309 e. The minimum Gasteiger partial charge on any atom is -0.309 e. The first-order valence-electron chi connectivity index (χ1n) is 8.97. The molecule has 0 aliphatic heterocycles. The van der Waals surface area contributed by atoms with Gasteiger partial charge in [0.25, 0.3) is 0 Å². The molecule has 2 heterocycles. The third kappa shape index (κ3) is 4.06. The Hall–Kier alpha value is -3.41. The van der Waals surface area contributed by atoms with E-state index in [0.717, 1.165) is 10.9 Å². The summed E-state index contributed by atoms with van der Waals surface area (Å²) in [6, 6.07) is 18.1. The zero-order chi connectivity index (χ0) is 18.6. The van der Waals surface area contributed by atoms with Gasteiger partial charge in [0, 0.05) is 24.1 Å². The molecular weight excluding hydrogens is 338 g/mol. The Kier molecular flexibility index (Phi) is 4.70. The van der Waals surface area contributed by atoms with Crippen LogP contribution in [0.1, 0.15) is 17.5 Å². The predicted molar refractivity (Wildman–Crippen MR) is 105 cm³/mol. The fourth-order valence-corrected chi connectivity index (χ4v) is 3.06. The zero-order valence-electron chi connectivity index (χ0n) is 15.2. The average Bonchev–Trinajstić information content (AvgIpc) is 3.27. The molecule has 6 nitrogen and oxygen atoms in total. The molecule has 2 aromatic carbocycles. The summed E-state index contributed by atoms with van der Waals surface area (Å²) < 4.78 is 3.69. The van der Waals surface area contributed by atoms with Crippen LogP contribution in [-0.2, 0) is 17.9 Å². The normalized spacial score (nSPS) is 11.0. The van der Waals surface area contributed by atoms with Crippen LogP contribution in [-0.4, -0.2) is 25.5 Å². The van der Waals surface area contributed by atoms with E-state index in [0.29, 0.717) is 25.3 Å². The Bertz CT molecular complexity index is 1060. The molecule has 0 unspecified atom stereocenters. The van der Waals surface area contributed by atoms with E-state index in [1.54, 1.807) is 0 Å². The van der Waals surface area contributed by atoms with E-state index in [1.807, 2.05) is 52.1 Å². The molecule has 0 atom stereocenters. The molecule has 2 aromatic heterocycles. The summed E-state index contributed by atoms with van der Waals surface area (Å²) in [5.74, 6) is 0.494. The van der Waals surface area contributed by atoms with Crippen LogP contribution in [0.3, 0.4) is 0 Å². The van der Waals surface area contributed by atoms with Gasteiger partial charge in [-0.25, -0.2) is 0 Å². The highest BCUT2D eigenvalue weighted by Gasteiger charge is 2.08. The van der Waals surface area contributed by atoms with Gasteiger partial charge in [-0.2, -0.15) is 10.2 Å². The van der Waals surface area contributed by atoms with Gasteiger partial charge in [-0.3, -0.25) is 14.2 Å². The monoisotopic (exact) mass is 359 g/mol. The molecule has 4 aromatic rings. The van der Waals surface area contributed by atoms with E-state index in [1.165, 1.54) is 11.1 Å². The molecule has 4 rings (SSSR count). The highest BCUT2D eigenvalue weighted by Crippen LogP contribution is 2.16. The number of amides is 1. The lowest BCUT2D eigenvalue weighted by atomic mass is 10.2. The molecule has 27 heavy (non-hydrogen) atoms.